The van der Waals surface area contributed by atoms with Gasteiger partial charge in [-0.2, -0.15) is 0 Å². The maximum atomic E-state index is 12.1. The molecule has 1 fully saturated rings. The van der Waals surface area contributed by atoms with Gasteiger partial charge in [-0.25, -0.2) is 4.98 Å². The van der Waals surface area contributed by atoms with Crippen LogP contribution in [0.2, 0.25) is 0 Å². The Balaban J connectivity index is 1.77. The Labute approximate surface area is 189 Å². The molecule has 1 N–H and O–H groups in total. The maximum absolute atomic E-state index is 12.1. The Morgan fingerprint density at radius 1 is 1.19 bits per heavy atom. The first-order chi connectivity index (χ1) is 15.3. The second-order valence-electron chi connectivity index (χ2n) is 8.99. The maximum Gasteiger partial charge on any atom is 0.251 e. The minimum atomic E-state index is -0.0913. The number of fused-ring (bicyclic) bond motifs is 1. The Morgan fingerprint density at radius 2 is 1.97 bits per heavy atom. The molecule has 1 aliphatic heterocycles. The number of imidazole rings is 1. The average Bonchev–Trinajstić information content (AvgIpc) is 3.34. The van der Waals surface area contributed by atoms with Crippen molar-refractivity contribution in [2.45, 2.75) is 53.0 Å². The second kappa shape index (κ2) is 8.77. The molecule has 1 aliphatic rings. The molecule has 0 bridgehead atoms. The predicted molar refractivity (Wildman–Crippen MR) is 127 cm³/mol. The van der Waals surface area contributed by atoms with Crippen molar-refractivity contribution in [3.8, 4) is 11.3 Å². The van der Waals surface area contributed by atoms with Crippen LogP contribution in [-0.2, 0) is 11.2 Å². The molecule has 1 saturated heterocycles. The fraction of sp³-hybridized carbons (Fsp3) is 0.423. The van der Waals surface area contributed by atoms with Crippen LogP contribution in [-0.4, -0.2) is 45.7 Å². The molecular weight excluding hydrogens is 400 g/mol. The summed E-state index contributed by atoms with van der Waals surface area (Å²) in [6, 6.07) is 10.3. The van der Waals surface area contributed by atoms with Gasteiger partial charge < -0.3 is 14.6 Å². The third-order valence-corrected chi connectivity index (χ3v) is 6.71. The van der Waals surface area contributed by atoms with Crippen molar-refractivity contribution >= 4 is 17.5 Å². The highest BCUT2D eigenvalue weighted by Gasteiger charge is 2.33. The highest BCUT2D eigenvalue weighted by molar-refractivity contribution is 5.95. The fourth-order valence-electron chi connectivity index (χ4n) is 5.03. The zero-order valence-electron chi connectivity index (χ0n) is 19.6. The molecule has 6 heteroatoms. The minimum absolute atomic E-state index is 0.0913. The van der Waals surface area contributed by atoms with Crippen molar-refractivity contribution in [3.05, 3.63) is 58.9 Å². The van der Waals surface area contributed by atoms with Crippen LogP contribution in [0.3, 0.4) is 0 Å². The van der Waals surface area contributed by atoms with Gasteiger partial charge in [-0.05, 0) is 74.4 Å². The van der Waals surface area contributed by atoms with Gasteiger partial charge in [0.25, 0.3) is 5.91 Å². The van der Waals surface area contributed by atoms with Gasteiger partial charge in [-0.3, -0.25) is 9.59 Å². The van der Waals surface area contributed by atoms with Crippen molar-refractivity contribution in [1.29, 1.82) is 0 Å². The topological polar surface area (TPSA) is 66.7 Å². The molecule has 3 aromatic rings. The van der Waals surface area contributed by atoms with Crippen LogP contribution >= 0.6 is 0 Å². The van der Waals surface area contributed by atoms with E-state index in [0.29, 0.717) is 17.5 Å². The second-order valence-corrected chi connectivity index (χ2v) is 8.99. The molecule has 4 rings (SSSR count). The van der Waals surface area contributed by atoms with Gasteiger partial charge in [-0.1, -0.05) is 13.0 Å². The van der Waals surface area contributed by atoms with Crippen LogP contribution in [0, 0.1) is 19.8 Å². The first-order valence-electron chi connectivity index (χ1n) is 11.4. The standard InChI is InChI=1S/C26H32N4O2/c1-6-21-13-19(15-30(21)18(4)31)14-23-25(28-24-11-16(2)9-10-29(23)24)22-8-7-20(12-17(22)3)26(32)27-5/h7-12,19,21H,6,13-15H2,1-5H3,(H,27,32). The molecule has 0 spiro atoms. The summed E-state index contributed by atoms with van der Waals surface area (Å²) in [6.45, 7) is 8.72. The molecule has 2 amide bonds. The number of hydrogen-bond donors (Lipinski definition) is 1. The molecule has 2 aromatic heterocycles. The van der Waals surface area contributed by atoms with E-state index in [0.717, 1.165) is 48.3 Å². The number of benzene rings is 1. The number of nitrogens with one attached hydrogen (secondary N) is 1. The zero-order chi connectivity index (χ0) is 23.0. The monoisotopic (exact) mass is 432 g/mol. The number of hydrogen-bond acceptors (Lipinski definition) is 3. The van der Waals surface area contributed by atoms with Crippen molar-refractivity contribution in [2.75, 3.05) is 13.6 Å². The molecule has 0 aliphatic carbocycles. The number of nitrogens with zero attached hydrogens (tertiary/aromatic N) is 3. The van der Waals surface area contributed by atoms with Crippen molar-refractivity contribution in [2.24, 2.45) is 5.92 Å². The molecule has 0 saturated carbocycles. The number of aromatic nitrogens is 2. The van der Waals surface area contributed by atoms with Gasteiger partial charge in [0.2, 0.25) is 5.91 Å². The quantitative estimate of drug-likeness (QED) is 0.658. The van der Waals surface area contributed by atoms with Gasteiger partial charge in [0.05, 0.1) is 11.4 Å². The van der Waals surface area contributed by atoms with E-state index in [2.05, 4.69) is 41.9 Å². The molecule has 2 unspecified atom stereocenters. The Morgan fingerprint density at radius 3 is 2.59 bits per heavy atom. The number of pyridine rings is 1. The van der Waals surface area contributed by atoms with E-state index >= 15 is 0 Å². The SMILES string of the molecule is CCC1CC(Cc2c(-c3ccc(C(=O)NC)cc3C)nc3cc(C)ccn23)CN1C(C)=O. The summed E-state index contributed by atoms with van der Waals surface area (Å²) in [5.74, 6) is 0.467. The van der Waals surface area contributed by atoms with Crippen LogP contribution < -0.4 is 5.32 Å². The fourth-order valence-corrected chi connectivity index (χ4v) is 5.03. The van der Waals surface area contributed by atoms with Crippen LogP contribution in [0.5, 0.6) is 0 Å². The van der Waals surface area contributed by atoms with E-state index in [-0.39, 0.29) is 11.8 Å². The molecule has 0 radical (unpaired) electrons. The van der Waals surface area contributed by atoms with Crippen LogP contribution in [0.15, 0.2) is 36.5 Å². The van der Waals surface area contributed by atoms with Crippen molar-refractivity contribution in [3.63, 3.8) is 0 Å². The van der Waals surface area contributed by atoms with Crippen molar-refractivity contribution < 1.29 is 9.59 Å². The van der Waals surface area contributed by atoms with Gasteiger partial charge in [-0.15, -0.1) is 0 Å². The predicted octanol–water partition coefficient (Wildman–Crippen LogP) is 4.17. The lowest BCUT2D eigenvalue weighted by atomic mass is 9.95. The number of amides is 2. The highest BCUT2D eigenvalue weighted by atomic mass is 16.2. The summed E-state index contributed by atoms with van der Waals surface area (Å²) >= 11 is 0. The van der Waals surface area contributed by atoms with E-state index in [9.17, 15) is 9.59 Å². The Bertz CT molecular complexity index is 1180. The number of rotatable bonds is 5. The lowest BCUT2D eigenvalue weighted by molar-refractivity contribution is -0.129. The van der Waals surface area contributed by atoms with Crippen molar-refractivity contribution in [1.82, 2.24) is 19.6 Å². The average molecular weight is 433 g/mol. The lowest BCUT2D eigenvalue weighted by Gasteiger charge is -2.21. The smallest absolute Gasteiger partial charge is 0.251 e. The molecule has 3 heterocycles. The summed E-state index contributed by atoms with van der Waals surface area (Å²) in [4.78, 5) is 31.2. The van der Waals surface area contributed by atoms with E-state index < -0.39 is 0 Å². The first kappa shape index (κ1) is 22.1. The number of aryl methyl sites for hydroxylation is 2. The summed E-state index contributed by atoms with van der Waals surface area (Å²) in [6.07, 6.45) is 4.95. The highest BCUT2D eigenvalue weighted by Crippen LogP contribution is 2.34. The Kier molecular flexibility index (Phi) is 6.04. The Hall–Kier alpha value is -3.15. The molecular formula is C26H32N4O2. The summed E-state index contributed by atoms with van der Waals surface area (Å²) in [7, 11) is 1.64. The van der Waals surface area contributed by atoms with E-state index in [1.54, 1.807) is 14.0 Å². The lowest BCUT2D eigenvalue weighted by Crippen LogP contribution is -2.33. The largest absolute Gasteiger partial charge is 0.355 e. The van der Waals surface area contributed by atoms with Gasteiger partial charge in [0, 0.05) is 43.9 Å². The normalized spacial score (nSPS) is 18.3. The van der Waals surface area contributed by atoms with Crippen LogP contribution in [0.25, 0.3) is 16.9 Å². The number of carbonyl (C=O) groups excluding carboxylic acids is 2. The number of likely N-dealkylation sites (tertiary alicyclic amines) is 1. The van der Waals surface area contributed by atoms with Gasteiger partial charge in [0.15, 0.2) is 0 Å². The summed E-state index contributed by atoms with van der Waals surface area (Å²) < 4.78 is 2.19. The molecule has 2 atom stereocenters. The van der Waals surface area contributed by atoms with Crippen LogP contribution in [0.1, 0.15) is 53.9 Å². The minimum Gasteiger partial charge on any atom is -0.355 e. The van der Waals surface area contributed by atoms with Crippen LogP contribution in [0.4, 0.5) is 0 Å². The van der Waals surface area contributed by atoms with E-state index in [1.165, 1.54) is 11.3 Å². The first-order valence-corrected chi connectivity index (χ1v) is 11.4. The van der Waals surface area contributed by atoms with Gasteiger partial charge in [0.1, 0.15) is 5.65 Å². The zero-order valence-corrected chi connectivity index (χ0v) is 19.6. The third-order valence-electron chi connectivity index (χ3n) is 6.71. The molecule has 32 heavy (non-hydrogen) atoms. The van der Waals surface area contributed by atoms with E-state index in [1.807, 2.05) is 30.0 Å². The number of carbonyl (C=O) groups is 2. The molecule has 1 aromatic carbocycles. The molecule has 168 valence electrons. The summed E-state index contributed by atoms with van der Waals surface area (Å²) in [5, 5.41) is 2.69. The van der Waals surface area contributed by atoms with E-state index in [4.69, 9.17) is 4.98 Å². The molecule has 6 nitrogen and oxygen atoms in total. The van der Waals surface area contributed by atoms with Gasteiger partial charge >= 0.3 is 0 Å². The third kappa shape index (κ3) is 4.01. The summed E-state index contributed by atoms with van der Waals surface area (Å²) in [5.41, 5.74) is 6.94.